The van der Waals surface area contributed by atoms with Gasteiger partial charge in [-0.3, -0.25) is 9.78 Å². The van der Waals surface area contributed by atoms with E-state index in [4.69, 9.17) is 5.11 Å². The van der Waals surface area contributed by atoms with Crippen LogP contribution in [0, 0.1) is 11.7 Å². The van der Waals surface area contributed by atoms with Crippen molar-refractivity contribution >= 4 is 29.6 Å². The van der Waals surface area contributed by atoms with E-state index < -0.39 is 17.4 Å². The zero-order valence-corrected chi connectivity index (χ0v) is 11.6. The number of aromatic carboxylic acids is 1. The van der Waals surface area contributed by atoms with Gasteiger partial charge in [0.2, 0.25) is 11.6 Å². The average molecular weight is 306 g/mol. The van der Waals surface area contributed by atoms with Gasteiger partial charge in [-0.25, -0.2) is 4.79 Å². The van der Waals surface area contributed by atoms with E-state index in [0.29, 0.717) is 5.56 Å². The third kappa shape index (κ3) is 3.03. The van der Waals surface area contributed by atoms with Gasteiger partial charge in [0.05, 0.1) is 5.56 Å². The van der Waals surface area contributed by atoms with Gasteiger partial charge in [0, 0.05) is 0 Å². The molecule has 0 aliphatic rings. The molecule has 0 atom stereocenters. The molecule has 8 nitrogen and oxygen atoms in total. The summed E-state index contributed by atoms with van der Waals surface area (Å²) < 4.78 is -0.0572. The number of carbonyl (C=O) groups is 1. The van der Waals surface area contributed by atoms with Gasteiger partial charge >= 0.3 is 5.97 Å². The highest BCUT2D eigenvalue weighted by Crippen LogP contribution is 2.26. The quantitative estimate of drug-likeness (QED) is 0.511. The monoisotopic (exact) mass is 306 g/mol. The number of rotatable bonds is 3. The molecular formula is C12H10N4O4S. The van der Waals surface area contributed by atoms with Gasteiger partial charge in [-0.15, -0.1) is 10.2 Å². The summed E-state index contributed by atoms with van der Waals surface area (Å²) in [5.74, 6) is -1.70. The van der Waals surface area contributed by atoms with Gasteiger partial charge in [0.15, 0.2) is 4.77 Å². The lowest BCUT2D eigenvalue weighted by molar-refractivity contribution is 0.0697. The molecule has 0 amide bonds. The zero-order valence-electron chi connectivity index (χ0n) is 10.7. The van der Waals surface area contributed by atoms with Crippen molar-refractivity contribution < 1.29 is 15.0 Å². The molecule has 108 valence electrons. The van der Waals surface area contributed by atoms with Crippen molar-refractivity contribution in [1.29, 1.82) is 0 Å². The molecule has 21 heavy (non-hydrogen) atoms. The van der Waals surface area contributed by atoms with E-state index in [1.807, 2.05) is 0 Å². The fourth-order valence-corrected chi connectivity index (χ4v) is 1.87. The van der Waals surface area contributed by atoms with Gasteiger partial charge < -0.3 is 15.2 Å². The van der Waals surface area contributed by atoms with Crippen molar-refractivity contribution in [3.63, 3.8) is 0 Å². The number of aryl methyl sites for hydroxylation is 1. The average Bonchev–Trinajstić information content (AvgIpc) is 2.36. The summed E-state index contributed by atoms with van der Waals surface area (Å²) in [4.78, 5) is 27.3. The molecule has 0 saturated heterocycles. The van der Waals surface area contributed by atoms with Crippen molar-refractivity contribution in [1.82, 2.24) is 9.97 Å². The van der Waals surface area contributed by atoms with E-state index in [-0.39, 0.29) is 21.7 Å². The predicted molar refractivity (Wildman–Crippen MR) is 76.2 cm³/mol. The number of aromatic hydroxyl groups is 1. The molecule has 0 radical (unpaired) electrons. The SMILES string of the molecule is Cc1cccc(N=Nc2c(O)[nH]c(=S)[nH]c2=O)c1C(=O)O. The molecule has 0 aliphatic carbocycles. The van der Waals surface area contributed by atoms with E-state index in [1.54, 1.807) is 19.1 Å². The summed E-state index contributed by atoms with van der Waals surface area (Å²) in [6, 6.07) is 4.67. The molecule has 0 spiro atoms. The van der Waals surface area contributed by atoms with E-state index in [1.165, 1.54) is 6.07 Å². The summed E-state index contributed by atoms with van der Waals surface area (Å²) in [6.07, 6.45) is 0. The first-order valence-electron chi connectivity index (χ1n) is 5.70. The van der Waals surface area contributed by atoms with Crippen LogP contribution < -0.4 is 5.56 Å². The number of aromatic nitrogens is 2. The molecule has 0 fully saturated rings. The number of carboxylic acids is 1. The highest BCUT2D eigenvalue weighted by Gasteiger charge is 2.13. The Morgan fingerprint density at radius 3 is 2.62 bits per heavy atom. The Labute approximate surface area is 122 Å². The van der Waals surface area contributed by atoms with Crippen molar-refractivity contribution in [2.45, 2.75) is 6.92 Å². The molecular weight excluding hydrogens is 296 g/mol. The van der Waals surface area contributed by atoms with E-state index in [2.05, 4.69) is 32.4 Å². The van der Waals surface area contributed by atoms with E-state index in [0.717, 1.165) is 0 Å². The first-order valence-corrected chi connectivity index (χ1v) is 6.11. The van der Waals surface area contributed by atoms with E-state index in [9.17, 15) is 14.7 Å². The number of azo groups is 1. The summed E-state index contributed by atoms with van der Waals surface area (Å²) in [5, 5.41) is 26.0. The van der Waals surface area contributed by atoms with Gasteiger partial charge in [-0.2, -0.15) is 0 Å². The molecule has 0 aliphatic heterocycles. The minimum atomic E-state index is -1.16. The lowest BCUT2D eigenvalue weighted by Gasteiger charge is -2.03. The van der Waals surface area contributed by atoms with Crippen molar-refractivity contribution in [2.75, 3.05) is 0 Å². The Morgan fingerprint density at radius 1 is 1.29 bits per heavy atom. The molecule has 2 aromatic rings. The highest BCUT2D eigenvalue weighted by atomic mass is 32.1. The van der Waals surface area contributed by atoms with Gasteiger partial charge in [-0.1, -0.05) is 12.1 Å². The van der Waals surface area contributed by atoms with Crippen LogP contribution in [0.1, 0.15) is 15.9 Å². The maximum atomic E-state index is 11.6. The normalized spacial score (nSPS) is 10.9. The van der Waals surface area contributed by atoms with Crippen LogP contribution >= 0.6 is 12.2 Å². The van der Waals surface area contributed by atoms with Crippen LogP contribution in [0.2, 0.25) is 0 Å². The van der Waals surface area contributed by atoms with Crippen LogP contribution in [-0.2, 0) is 0 Å². The molecule has 0 unspecified atom stereocenters. The van der Waals surface area contributed by atoms with Crippen LogP contribution in [0.15, 0.2) is 33.2 Å². The smallest absolute Gasteiger partial charge is 0.338 e. The second-order valence-electron chi connectivity index (χ2n) is 4.08. The number of H-pyrrole nitrogens is 2. The molecule has 1 aromatic carbocycles. The van der Waals surface area contributed by atoms with Crippen LogP contribution in [0.5, 0.6) is 5.88 Å². The fraction of sp³-hybridized carbons (Fsp3) is 0.0833. The van der Waals surface area contributed by atoms with Crippen LogP contribution in [0.3, 0.4) is 0 Å². The standard InChI is InChI=1S/C12H10N4O4S/c1-5-3-2-4-6(7(5)11(19)20)15-16-8-9(17)13-12(21)14-10(8)18/h2-4H,1H3,(H,19,20)(H3,13,14,17,18,21). The molecule has 4 N–H and O–H groups in total. The summed E-state index contributed by atoms with van der Waals surface area (Å²) in [5.41, 5.74) is -0.569. The second-order valence-corrected chi connectivity index (χ2v) is 4.49. The van der Waals surface area contributed by atoms with Crippen molar-refractivity contribution in [3.05, 3.63) is 44.5 Å². The number of nitrogens with zero attached hydrogens (tertiary/aromatic N) is 2. The number of aromatic amines is 2. The largest absolute Gasteiger partial charge is 0.493 e. The first-order chi connectivity index (χ1) is 9.90. The Hall–Kier alpha value is -2.81. The first kappa shape index (κ1) is 14.6. The van der Waals surface area contributed by atoms with Gasteiger partial charge in [0.25, 0.3) is 5.56 Å². The Balaban J connectivity index is 2.53. The molecule has 2 rings (SSSR count). The van der Waals surface area contributed by atoms with Crippen molar-refractivity contribution in [3.8, 4) is 5.88 Å². The van der Waals surface area contributed by atoms with Crippen molar-refractivity contribution in [2.24, 2.45) is 10.2 Å². The van der Waals surface area contributed by atoms with E-state index >= 15 is 0 Å². The second kappa shape index (κ2) is 5.67. The third-order valence-electron chi connectivity index (χ3n) is 2.62. The molecule has 1 heterocycles. The van der Waals surface area contributed by atoms with Gasteiger partial charge in [0.1, 0.15) is 5.69 Å². The number of hydrogen-bond acceptors (Lipinski definition) is 6. The van der Waals surface area contributed by atoms with Crippen LogP contribution in [0.25, 0.3) is 0 Å². The van der Waals surface area contributed by atoms with Gasteiger partial charge in [-0.05, 0) is 30.8 Å². The number of benzene rings is 1. The topological polar surface area (TPSA) is 131 Å². The summed E-state index contributed by atoms with van der Waals surface area (Å²) >= 11 is 4.68. The number of nitrogens with one attached hydrogen (secondary N) is 2. The maximum Gasteiger partial charge on any atom is 0.338 e. The lowest BCUT2D eigenvalue weighted by Crippen LogP contribution is -2.06. The number of carboxylic acid groups (broad SMARTS) is 1. The minimum absolute atomic E-state index is 0.0268. The van der Waals surface area contributed by atoms with Crippen LogP contribution in [0.4, 0.5) is 11.4 Å². The summed E-state index contributed by atoms with van der Waals surface area (Å²) in [6.45, 7) is 1.62. The number of hydrogen-bond donors (Lipinski definition) is 4. The zero-order chi connectivity index (χ0) is 15.6. The molecule has 0 bridgehead atoms. The summed E-state index contributed by atoms with van der Waals surface area (Å²) in [7, 11) is 0. The highest BCUT2D eigenvalue weighted by molar-refractivity contribution is 7.71. The third-order valence-corrected chi connectivity index (χ3v) is 2.82. The molecule has 0 saturated carbocycles. The predicted octanol–water partition coefficient (Wildman–Crippen LogP) is 2.56. The minimum Gasteiger partial charge on any atom is -0.493 e. The molecule has 1 aromatic heterocycles. The Bertz CT molecular complexity index is 853. The Morgan fingerprint density at radius 2 is 2.00 bits per heavy atom. The fourth-order valence-electron chi connectivity index (χ4n) is 1.68. The Kier molecular flexibility index (Phi) is 3.94. The van der Waals surface area contributed by atoms with Crippen LogP contribution in [-0.4, -0.2) is 26.2 Å². The maximum absolute atomic E-state index is 11.6. The molecule has 9 heteroatoms. The lowest BCUT2D eigenvalue weighted by atomic mass is 10.1.